The summed E-state index contributed by atoms with van der Waals surface area (Å²) in [5.74, 6) is -1.19. The summed E-state index contributed by atoms with van der Waals surface area (Å²) in [6.07, 6.45) is 0. The number of aryl methyl sites for hydroxylation is 1. The van der Waals surface area contributed by atoms with E-state index in [1.165, 1.54) is 13.2 Å². The van der Waals surface area contributed by atoms with Gasteiger partial charge < -0.3 is 15.4 Å². The van der Waals surface area contributed by atoms with Gasteiger partial charge in [0.05, 0.1) is 12.7 Å². The molecule has 0 aromatic heterocycles. The van der Waals surface area contributed by atoms with Gasteiger partial charge in [0.25, 0.3) is 11.8 Å². The van der Waals surface area contributed by atoms with Crippen LogP contribution in [0.15, 0.2) is 72.8 Å². The zero-order valence-corrected chi connectivity index (χ0v) is 16.1. The molecule has 146 valence electrons. The highest BCUT2D eigenvalue weighted by molar-refractivity contribution is 6.08. The molecule has 0 saturated carbocycles. The number of anilines is 2. The fourth-order valence-corrected chi connectivity index (χ4v) is 2.77. The number of ether oxygens (including phenoxy) is 1. The van der Waals surface area contributed by atoms with E-state index in [2.05, 4.69) is 15.4 Å². The Labute approximate surface area is 168 Å². The van der Waals surface area contributed by atoms with Gasteiger partial charge in [0.2, 0.25) is 0 Å². The number of esters is 1. The predicted molar refractivity (Wildman–Crippen MR) is 111 cm³/mol. The predicted octanol–water partition coefficient (Wildman–Crippen LogP) is 4.29. The number of carbonyl (C=O) groups excluding carboxylic acids is 3. The molecule has 0 atom stereocenters. The molecule has 0 fully saturated rings. The van der Waals surface area contributed by atoms with E-state index >= 15 is 0 Å². The summed E-state index contributed by atoms with van der Waals surface area (Å²) in [5, 5.41) is 5.57. The second-order valence-corrected chi connectivity index (χ2v) is 6.43. The molecule has 6 heteroatoms. The quantitative estimate of drug-likeness (QED) is 0.639. The van der Waals surface area contributed by atoms with Crippen LogP contribution in [0.5, 0.6) is 0 Å². The lowest BCUT2D eigenvalue weighted by Gasteiger charge is -2.09. The summed E-state index contributed by atoms with van der Waals surface area (Å²) in [6.45, 7) is 1.95. The van der Waals surface area contributed by atoms with Gasteiger partial charge in [-0.3, -0.25) is 9.59 Å². The molecule has 0 saturated heterocycles. The molecule has 0 heterocycles. The van der Waals surface area contributed by atoms with Gasteiger partial charge in [0.15, 0.2) is 0 Å². The fourth-order valence-electron chi connectivity index (χ4n) is 2.77. The lowest BCUT2D eigenvalue weighted by atomic mass is 10.1. The highest BCUT2D eigenvalue weighted by Crippen LogP contribution is 2.16. The van der Waals surface area contributed by atoms with E-state index in [0.29, 0.717) is 22.5 Å². The highest BCUT2D eigenvalue weighted by atomic mass is 16.5. The third-order valence-corrected chi connectivity index (χ3v) is 4.20. The number of nitrogens with one attached hydrogen (secondary N) is 2. The number of hydrogen-bond acceptors (Lipinski definition) is 4. The standard InChI is InChI=1S/C23H20N2O4/c1-15-6-3-10-19(12-15)24-22(27)17-8-5-11-20(14-17)25-21(26)16-7-4-9-18(13-16)23(28)29-2/h3-14H,1-2H3,(H,24,27)(H,25,26). The van der Waals surface area contributed by atoms with Crippen LogP contribution in [0.25, 0.3) is 0 Å². The Balaban J connectivity index is 1.73. The van der Waals surface area contributed by atoms with Crippen LogP contribution in [0.4, 0.5) is 11.4 Å². The van der Waals surface area contributed by atoms with Gasteiger partial charge in [-0.25, -0.2) is 4.79 Å². The van der Waals surface area contributed by atoms with Crippen LogP contribution in [-0.4, -0.2) is 24.9 Å². The van der Waals surface area contributed by atoms with Crippen molar-refractivity contribution in [2.24, 2.45) is 0 Å². The van der Waals surface area contributed by atoms with Crippen LogP contribution >= 0.6 is 0 Å². The van der Waals surface area contributed by atoms with Gasteiger partial charge in [0, 0.05) is 22.5 Å². The second-order valence-electron chi connectivity index (χ2n) is 6.43. The number of methoxy groups -OCH3 is 1. The topological polar surface area (TPSA) is 84.5 Å². The third kappa shape index (κ3) is 5.07. The third-order valence-electron chi connectivity index (χ3n) is 4.20. The molecule has 6 nitrogen and oxygen atoms in total. The van der Waals surface area contributed by atoms with E-state index in [0.717, 1.165) is 5.56 Å². The van der Waals surface area contributed by atoms with E-state index in [9.17, 15) is 14.4 Å². The number of benzene rings is 3. The molecular weight excluding hydrogens is 368 g/mol. The molecule has 3 aromatic rings. The zero-order chi connectivity index (χ0) is 20.8. The lowest BCUT2D eigenvalue weighted by molar-refractivity contribution is 0.0600. The maximum atomic E-state index is 12.5. The summed E-state index contributed by atoms with van der Waals surface area (Å²) >= 11 is 0. The van der Waals surface area contributed by atoms with Crippen LogP contribution in [0.1, 0.15) is 36.6 Å². The van der Waals surface area contributed by atoms with Crippen LogP contribution in [0.2, 0.25) is 0 Å². The summed E-state index contributed by atoms with van der Waals surface area (Å²) in [5.41, 5.74) is 3.21. The monoisotopic (exact) mass is 388 g/mol. The van der Waals surface area contributed by atoms with E-state index in [1.54, 1.807) is 42.5 Å². The minimum absolute atomic E-state index is 0.278. The van der Waals surface area contributed by atoms with Gasteiger partial charge in [0.1, 0.15) is 0 Å². The van der Waals surface area contributed by atoms with Crippen molar-refractivity contribution in [2.75, 3.05) is 17.7 Å². The van der Waals surface area contributed by atoms with Gasteiger partial charge >= 0.3 is 5.97 Å². The highest BCUT2D eigenvalue weighted by Gasteiger charge is 2.12. The molecule has 3 aromatic carbocycles. The van der Waals surface area contributed by atoms with Gasteiger partial charge in [-0.15, -0.1) is 0 Å². The molecule has 0 radical (unpaired) electrons. The first-order chi connectivity index (χ1) is 14.0. The van der Waals surface area contributed by atoms with Gasteiger partial charge in [-0.2, -0.15) is 0 Å². The molecule has 0 bridgehead atoms. The minimum atomic E-state index is -0.519. The van der Waals surface area contributed by atoms with Crippen molar-refractivity contribution in [2.45, 2.75) is 6.92 Å². The van der Waals surface area contributed by atoms with Crippen molar-refractivity contribution in [1.82, 2.24) is 0 Å². The summed E-state index contributed by atoms with van der Waals surface area (Å²) in [4.78, 5) is 36.7. The van der Waals surface area contributed by atoms with Crippen LogP contribution in [0, 0.1) is 6.92 Å². The molecule has 0 unspecified atom stereocenters. The summed E-state index contributed by atoms with van der Waals surface area (Å²) in [7, 11) is 1.28. The van der Waals surface area contributed by atoms with E-state index in [1.807, 2.05) is 31.2 Å². The van der Waals surface area contributed by atoms with Crippen molar-refractivity contribution in [1.29, 1.82) is 0 Å². The normalized spacial score (nSPS) is 10.1. The number of amides is 2. The first kappa shape index (κ1) is 19.8. The van der Waals surface area contributed by atoms with Gasteiger partial charge in [-0.1, -0.05) is 24.3 Å². The molecule has 0 aliphatic carbocycles. The minimum Gasteiger partial charge on any atom is -0.465 e. The Morgan fingerprint density at radius 1 is 0.690 bits per heavy atom. The van der Waals surface area contributed by atoms with Gasteiger partial charge in [-0.05, 0) is 61.0 Å². The SMILES string of the molecule is COC(=O)c1cccc(C(=O)Nc2cccc(C(=O)Nc3cccc(C)c3)c2)c1. The second kappa shape index (κ2) is 8.84. The van der Waals surface area contributed by atoms with E-state index in [-0.39, 0.29) is 11.5 Å². The Morgan fingerprint density at radius 3 is 1.83 bits per heavy atom. The Hall–Kier alpha value is -3.93. The average molecular weight is 388 g/mol. The Morgan fingerprint density at radius 2 is 1.21 bits per heavy atom. The Bertz CT molecular complexity index is 1080. The van der Waals surface area contributed by atoms with Crippen molar-refractivity contribution >= 4 is 29.2 Å². The van der Waals surface area contributed by atoms with Crippen molar-refractivity contribution in [3.05, 3.63) is 95.1 Å². The molecule has 29 heavy (non-hydrogen) atoms. The van der Waals surface area contributed by atoms with Crippen LogP contribution in [0.3, 0.4) is 0 Å². The average Bonchev–Trinajstić information content (AvgIpc) is 2.73. The number of carbonyl (C=O) groups is 3. The zero-order valence-electron chi connectivity index (χ0n) is 16.1. The van der Waals surface area contributed by atoms with Crippen molar-refractivity contribution < 1.29 is 19.1 Å². The van der Waals surface area contributed by atoms with E-state index in [4.69, 9.17) is 0 Å². The first-order valence-electron chi connectivity index (χ1n) is 8.94. The maximum absolute atomic E-state index is 12.5. The molecular formula is C23H20N2O4. The largest absolute Gasteiger partial charge is 0.465 e. The summed E-state index contributed by atoms with van der Waals surface area (Å²) < 4.78 is 4.67. The number of rotatable bonds is 5. The van der Waals surface area contributed by atoms with Crippen LogP contribution < -0.4 is 10.6 Å². The Kier molecular flexibility index (Phi) is 6.04. The molecule has 2 amide bonds. The lowest BCUT2D eigenvalue weighted by Crippen LogP contribution is -2.15. The molecule has 0 aliphatic heterocycles. The molecule has 0 spiro atoms. The molecule has 0 aliphatic rings. The summed E-state index contributed by atoms with van der Waals surface area (Å²) in [6, 6.07) is 20.3. The smallest absolute Gasteiger partial charge is 0.337 e. The fraction of sp³-hybridized carbons (Fsp3) is 0.0870. The van der Waals surface area contributed by atoms with Crippen molar-refractivity contribution in [3.63, 3.8) is 0 Å². The van der Waals surface area contributed by atoms with Crippen LogP contribution in [-0.2, 0) is 4.74 Å². The van der Waals surface area contributed by atoms with E-state index < -0.39 is 11.9 Å². The maximum Gasteiger partial charge on any atom is 0.337 e. The van der Waals surface area contributed by atoms with Crippen molar-refractivity contribution in [3.8, 4) is 0 Å². The number of hydrogen-bond donors (Lipinski definition) is 2. The first-order valence-corrected chi connectivity index (χ1v) is 8.94. The molecule has 3 rings (SSSR count). The molecule has 2 N–H and O–H groups in total.